The number of amides is 1. The Hall–Kier alpha value is -1.81. The molecule has 128 valence electrons. The van der Waals surface area contributed by atoms with E-state index in [1.165, 1.54) is 24.1 Å². The Bertz CT molecular complexity index is 848. The number of rotatable bonds is 0. The lowest BCUT2D eigenvalue weighted by Crippen LogP contribution is -2.68. The van der Waals surface area contributed by atoms with E-state index in [9.17, 15) is 4.79 Å². The summed E-state index contributed by atoms with van der Waals surface area (Å²) in [5.74, 6) is 1.35. The second-order valence-corrected chi connectivity index (χ2v) is 8.76. The molecule has 1 aromatic rings. The minimum atomic E-state index is 0.113. The Morgan fingerprint density at radius 1 is 1.24 bits per heavy atom. The first-order chi connectivity index (χ1) is 12.3. The Morgan fingerprint density at radius 3 is 3.12 bits per heavy atom. The highest BCUT2D eigenvalue weighted by Crippen LogP contribution is 2.65. The van der Waals surface area contributed by atoms with Gasteiger partial charge in [0.25, 0.3) is 0 Å². The maximum absolute atomic E-state index is 13.2. The molecule has 0 unspecified atom stereocenters. The highest BCUT2D eigenvalue weighted by molar-refractivity contribution is 5.99. The monoisotopic (exact) mass is 334 g/mol. The minimum Gasteiger partial charge on any atom is -0.377 e. The first kappa shape index (κ1) is 13.4. The summed E-state index contributed by atoms with van der Waals surface area (Å²) >= 11 is 0. The van der Waals surface area contributed by atoms with E-state index in [0.29, 0.717) is 30.3 Å². The van der Waals surface area contributed by atoms with Crippen LogP contribution < -0.4 is 4.90 Å². The van der Waals surface area contributed by atoms with Crippen LogP contribution in [0.3, 0.4) is 0 Å². The van der Waals surface area contributed by atoms with Crippen molar-refractivity contribution in [3.05, 3.63) is 41.6 Å². The van der Waals surface area contributed by atoms with Crippen molar-refractivity contribution >= 4 is 11.6 Å². The number of anilines is 1. The summed E-state index contributed by atoms with van der Waals surface area (Å²) in [5.41, 5.74) is 4.32. The predicted octanol–water partition coefficient (Wildman–Crippen LogP) is 2.44. The first-order valence-corrected chi connectivity index (χ1v) is 9.78. The highest BCUT2D eigenvalue weighted by atomic mass is 16.5. The van der Waals surface area contributed by atoms with Crippen molar-refractivity contribution in [2.75, 3.05) is 18.1 Å². The molecule has 4 fully saturated rings. The SMILES string of the molecule is O=C1C[C@@H]2OCCC3=CN4CC[C@]56c7ccccc7N1[C@H]5[C@H]2[C@H]3C[C@H]46. The van der Waals surface area contributed by atoms with Crippen LogP contribution in [0.4, 0.5) is 5.69 Å². The van der Waals surface area contributed by atoms with Crippen LogP contribution in [0.15, 0.2) is 36.0 Å². The molecule has 1 aliphatic carbocycles. The fourth-order valence-electron chi connectivity index (χ4n) is 7.46. The van der Waals surface area contributed by atoms with Gasteiger partial charge in [-0.3, -0.25) is 4.79 Å². The number of hydrogen-bond donors (Lipinski definition) is 0. The van der Waals surface area contributed by atoms with Crippen LogP contribution in [0.25, 0.3) is 0 Å². The number of piperidine rings is 1. The molecule has 5 aliphatic heterocycles. The van der Waals surface area contributed by atoms with Crippen molar-refractivity contribution in [3.8, 4) is 0 Å². The van der Waals surface area contributed by atoms with Gasteiger partial charge in [0.05, 0.1) is 25.2 Å². The van der Waals surface area contributed by atoms with Crippen LogP contribution in [0.1, 0.15) is 31.2 Å². The smallest absolute Gasteiger partial charge is 0.229 e. The fraction of sp³-hybridized carbons (Fsp3) is 0.571. The molecule has 1 spiro atoms. The number of carbonyl (C=O) groups is 1. The number of carbonyl (C=O) groups excluding carboxylic acids is 1. The van der Waals surface area contributed by atoms with Gasteiger partial charge in [0.2, 0.25) is 5.91 Å². The van der Waals surface area contributed by atoms with E-state index in [4.69, 9.17) is 4.74 Å². The summed E-state index contributed by atoms with van der Waals surface area (Å²) in [5, 5.41) is 0. The predicted molar refractivity (Wildman–Crippen MR) is 93.2 cm³/mol. The molecule has 1 aromatic carbocycles. The largest absolute Gasteiger partial charge is 0.377 e. The third-order valence-electron chi connectivity index (χ3n) is 8.16. The summed E-state index contributed by atoms with van der Waals surface area (Å²) < 4.78 is 6.29. The third-order valence-corrected chi connectivity index (χ3v) is 8.16. The van der Waals surface area contributed by atoms with Gasteiger partial charge in [-0.1, -0.05) is 18.2 Å². The second-order valence-electron chi connectivity index (χ2n) is 8.76. The van der Waals surface area contributed by atoms with Gasteiger partial charge in [-0.05, 0) is 48.6 Å². The maximum atomic E-state index is 13.2. The second kappa shape index (κ2) is 4.12. The van der Waals surface area contributed by atoms with Gasteiger partial charge in [-0.2, -0.15) is 0 Å². The van der Waals surface area contributed by atoms with Crippen molar-refractivity contribution in [1.82, 2.24) is 4.90 Å². The van der Waals surface area contributed by atoms with Gasteiger partial charge in [-0.15, -0.1) is 0 Å². The van der Waals surface area contributed by atoms with E-state index in [0.717, 1.165) is 19.6 Å². The third kappa shape index (κ3) is 1.31. The molecular formula is C21H22N2O2. The summed E-state index contributed by atoms with van der Waals surface area (Å²) in [6, 6.07) is 9.59. The van der Waals surface area contributed by atoms with Gasteiger partial charge in [-0.25, -0.2) is 0 Å². The van der Waals surface area contributed by atoms with Crippen molar-refractivity contribution in [1.29, 1.82) is 0 Å². The lowest BCUT2D eigenvalue weighted by molar-refractivity contribution is -0.131. The lowest BCUT2D eigenvalue weighted by Gasteiger charge is -2.57. The average molecular weight is 334 g/mol. The van der Waals surface area contributed by atoms with Crippen molar-refractivity contribution < 1.29 is 9.53 Å². The molecule has 6 aliphatic rings. The van der Waals surface area contributed by atoms with Gasteiger partial charge >= 0.3 is 0 Å². The van der Waals surface area contributed by atoms with E-state index in [2.05, 4.69) is 40.3 Å². The van der Waals surface area contributed by atoms with Crippen LogP contribution in [0.2, 0.25) is 0 Å². The molecule has 1 saturated carbocycles. The molecule has 25 heavy (non-hydrogen) atoms. The molecule has 0 radical (unpaired) electrons. The van der Waals surface area contributed by atoms with E-state index in [1.54, 1.807) is 5.57 Å². The maximum Gasteiger partial charge on any atom is 0.229 e. The van der Waals surface area contributed by atoms with Crippen LogP contribution in [0, 0.1) is 11.8 Å². The topological polar surface area (TPSA) is 32.8 Å². The highest BCUT2D eigenvalue weighted by Gasteiger charge is 2.70. The minimum absolute atomic E-state index is 0.113. The van der Waals surface area contributed by atoms with Crippen LogP contribution in [-0.2, 0) is 14.9 Å². The summed E-state index contributed by atoms with van der Waals surface area (Å²) in [6.45, 7) is 1.91. The Kier molecular flexibility index (Phi) is 2.21. The Morgan fingerprint density at radius 2 is 2.16 bits per heavy atom. The molecule has 3 saturated heterocycles. The van der Waals surface area contributed by atoms with Crippen molar-refractivity contribution in [2.45, 2.75) is 49.3 Å². The van der Waals surface area contributed by atoms with Crippen LogP contribution in [0.5, 0.6) is 0 Å². The molecule has 5 heterocycles. The number of nitrogens with zero attached hydrogens (tertiary/aromatic N) is 2. The van der Waals surface area contributed by atoms with Crippen LogP contribution >= 0.6 is 0 Å². The standard InChI is InChI=1S/C21H22N2O2/c24-18-10-16-19-13-9-17-21(6-7-22(17)11-12(13)5-8-25-16)14-3-1-2-4-15(14)23(18)20(19)21/h1-4,11,13,16-17,19-20H,5-10H2/t13-,16-,17-,19-,20-,21+/m0/s1. The first-order valence-electron chi connectivity index (χ1n) is 9.78. The van der Waals surface area contributed by atoms with E-state index >= 15 is 0 Å². The van der Waals surface area contributed by atoms with Gasteiger partial charge < -0.3 is 14.5 Å². The van der Waals surface area contributed by atoms with E-state index in [-0.39, 0.29) is 17.4 Å². The van der Waals surface area contributed by atoms with E-state index in [1.807, 2.05) is 0 Å². The van der Waals surface area contributed by atoms with Crippen molar-refractivity contribution in [3.63, 3.8) is 0 Å². The molecule has 1 amide bonds. The number of hydrogen-bond acceptors (Lipinski definition) is 3. The molecule has 4 heteroatoms. The molecule has 7 rings (SSSR count). The average Bonchev–Trinajstić information content (AvgIpc) is 3.10. The van der Waals surface area contributed by atoms with Gasteiger partial charge in [0.15, 0.2) is 0 Å². The zero-order valence-electron chi connectivity index (χ0n) is 14.2. The van der Waals surface area contributed by atoms with Gasteiger partial charge in [0, 0.05) is 29.6 Å². The van der Waals surface area contributed by atoms with Crippen molar-refractivity contribution in [2.24, 2.45) is 11.8 Å². The number of benzene rings is 1. The molecule has 6 atom stereocenters. The molecule has 0 aromatic heterocycles. The lowest BCUT2D eigenvalue weighted by atomic mass is 9.54. The van der Waals surface area contributed by atoms with E-state index < -0.39 is 0 Å². The molecule has 2 bridgehead atoms. The molecule has 4 nitrogen and oxygen atoms in total. The number of fused-ring (bicyclic) bond motifs is 2. The Balaban J connectivity index is 1.56. The number of ether oxygens (including phenoxy) is 1. The fourth-order valence-corrected chi connectivity index (χ4v) is 7.46. The zero-order chi connectivity index (χ0) is 16.3. The molecule has 0 N–H and O–H groups in total. The summed E-state index contributed by atoms with van der Waals surface area (Å²) in [4.78, 5) is 18.0. The zero-order valence-corrected chi connectivity index (χ0v) is 14.2. The van der Waals surface area contributed by atoms with Gasteiger partial charge in [0.1, 0.15) is 0 Å². The summed E-state index contributed by atoms with van der Waals surface area (Å²) in [7, 11) is 0. The number of para-hydroxylation sites is 1. The quantitative estimate of drug-likeness (QED) is 0.731. The molecular weight excluding hydrogens is 312 g/mol. The summed E-state index contributed by atoms with van der Waals surface area (Å²) in [6.07, 6.45) is 6.62. The normalized spacial score (nSPS) is 45.2. The Labute approximate surface area is 147 Å². The van der Waals surface area contributed by atoms with Crippen LogP contribution in [-0.4, -0.2) is 42.1 Å².